The standard InChI is InChI=1S/C17H26N4O3/c1-13(18)19-11-7-10-15(16(22)24-3)20-17(23)21(2)12-14-8-5-4-6-9-14/h4-6,8-9,15H,7,10-12H2,1-3H3,(H2,18,19)(H,20,23)/t15-/m1/s1. The monoisotopic (exact) mass is 334 g/mol. The highest BCUT2D eigenvalue weighted by Crippen LogP contribution is 2.05. The number of benzene rings is 1. The van der Waals surface area contributed by atoms with E-state index in [0.717, 1.165) is 5.56 Å². The molecule has 0 radical (unpaired) electrons. The molecule has 3 N–H and O–H groups in total. The number of carbonyl (C=O) groups is 2. The van der Waals surface area contributed by atoms with Crippen molar-refractivity contribution in [1.29, 1.82) is 0 Å². The number of esters is 1. The van der Waals surface area contributed by atoms with E-state index in [1.165, 1.54) is 12.0 Å². The molecule has 0 saturated heterocycles. The van der Waals surface area contributed by atoms with Gasteiger partial charge in [0.2, 0.25) is 0 Å². The third kappa shape index (κ3) is 7.13. The van der Waals surface area contributed by atoms with E-state index in [1.807, 2.05) is 30.3 Å². The summed E-state index contributed by atoms with van der Waals surface area (Å²) in [4.78, 5) is 29.7. The van der Waals surface area contributed by atoms with Crippen LogP contribution < -0.4 is 11.1 Å². The van der Waals surface area contributed by atoms with E-state index in [4.69, 9.17) is 10.5 Å². The Hall–Kier alpha value is -2.57. The zero-order valence-corrected chi connectivity index (χ0v) is 14.5. The van der Waals surface area contributed by atoms with Gasteiger partial charge < -0.3 is 20.7 Å². The molecule has 0 aliphatic rings. The van der Waals surface area contributed by atoms with Gasteiger partial charge in [-0.25, -0.2) is 9.59 Å². The SMILES string of the molecule is COC(=O)[C@@H](CCCN=C(C)N)NC(=O)N(C)Cc1ccccc1. The first-order valence-electron chi connectivity index (χ1n) is 7.84. The van der Waals surface area contributed by atoms with Gasteiger partial charge in [-0.3, -0.25) is 4.99 Å². The number of amidine groups is 1. The van der Waals surface area contributed by atoms with Crippen LogP contribution in [0.5, 0.6) is 0 Å². The highest BCUT2D eigenvalue weighted by molar-refractivity contribution is 5.83. The highest BCUT2D eigenvalue weighted by atomic mass is 16.5. The lowest BCUT2D eigenvalue weighted by Crippen LogP contribution is -2.46. The molecular formula is C17H26N4O3. The lowest BCUT2D eigenvalue weighted by molar-refractivity contribution is -0.143. The van der Waals surface area contributed by atoms with Crippen LogP contribution in [0.25, 0.3) is 0 Å². The third-order valence-corrected chi connectivity index (χ3v) is 3.40. The van der Waals surface area contributed by atoms with Gasteiger partial charge in [-0.2, -0.15) is 0 Å². The van der Waals surface area contributed by atoms with Gasteiger partial charge in [0.15, 0.2) is 0 Å². The number of hydrogen-bond acceptors (Lipinski definition) is 4. The molecule has 0 saturated carbocycles. The predicted molar refractivity (Wildman–Crippen MR) is 93.6 cm³/mol. The van der Waals surface area contributed by atoms with Crippen LogP contribution >= 0.6 is 0 Å². The molecule has 1 aromatic rings. The van der Waals surface area contributed by atoms with Crippen LogP contribution in [0.2, 0.25) is 0 Å². The Morgan fingerprint density at radius 1 is 1.33 bits per heavy atom. The molecule has 1 rings (SSSR count). The van der Waals surface area contributed by atoms with Crippen LogP contribution in [-0.2, 0) is 16.1 Å². The molecule has 1 aromatic carbocycles. The molecular weight excluding hydrogens is 308 g/mol. The molecule has 7 heteroatoms. The van der Waals surface area contributed by atoms with Crippen molar-refractivity contribution in [3.63, 3.8) is 0 Å². The minimum Gasteiger partial charge on any atom is -0.467 e. The fourth-order valence-corrected chi connectivity index (χ4v) is 2.13. The Balaban J connectivity index is 2.56. The minimum absolute atomic E-state index is 0.326. The van der Waals surface area contributed by atoms with Crippen LogP contribution in [0.3, 0.4) is 0 Å². The number of hydrogen-bond donors (Lipinski definition) is 2. The van der Waals surface area contributed by atoms with Gasteiger partial charge in [0.25, 0.3) is 0 Å². The Labute approximate surface area is 142 Å². The number of nitrogens with two attached hydrogens (primary N) is 1. The number of nitrogens with zero attached hydrogens (tertiary/aromatic N) is 2. The summed E-state index contributed by atoms with van der Waals surface area (Å²) in [5, 5.41) is 2.71. The molecule has 132 valence electrons. The topological polar surface area (TPSA) is 97.0 Å². The number of amides is 2. The summed E-state index contributed by atoms with van der Waals surface area (Å²) in [5.74, 6) is 0.0289. The van der Waals surface area contributed by atoms with Crippen molar-refractivity contribution >= 4 is 17.8 Å². The second-order valence-corrected chi connectivity index (χ2v) is 5.53. The van der Waals surface area contributed by atoms with Crippen LogP contribution in [0.4, 0.5) is 4.79 Å². The summed E-state index contributed by atoms with van der Waals surface area (Å²) in [7, 11) is 2.98. The molecule has 1 atom stereocenters. The van der Waals surface area contributed by atoms with Crippen molar-refractivity contribution in [3.8, 4) is 0 Å². The summed E-state index contributed by atoms with van der Waals surface area (Å²) in [6.07, 6.45) is 1.06. The van der Waals surface area contributed by atoms with Crippen LogP contribution in [0.15, 0.2) is 35.3 Å². The van der Waals surface area contributed by atoms with Crippen molar-refractivity contribution in [2.75, 3.05) is 20.7 Å². The molecule has 2 amide bonds. The highest BCUT2D eigenvalue weighted by Gasteiger charge is 2.22. The molecule has 0 unspecified atom stereocenters. The number of methoxy groups -OCH3 is 1. The summed E-state index contributed by atoms with van der Waals surface area (Å²) in [6.45, 7) is 2.67. The van der Waals surface area contributed by atoms with E-state index in [9.17, 15) is 9.59 Å². The minimum atomic E-state index is -0.700. The van der Waals surface area contributed by atoms with E-state index in [-0.39, 0.29) is 6.03 Å². The smallest absolute Gasteiger partial charge is 0.328 e. The van der Waals surface area contributed by atoms with Gasteiger partial charge in [0.1, 0.15) is 6.04 Å². The van der Waals surface area contributed by atoms with Crippen molar-refractivity contribution in [3.05, 3.63) is 35.9 Å². The molecule has 0 aromatic heterocycles. The maximum atomic E-state index is 12.3. The number of nitrogens with one attached hydrogen (secondary N) is 1. The number of ether oxygens (including phenoxy) is 1. The van der Waals surface area contributed by atoms with E-state index >= 15 is 0 Å². The lowest BCUT2D eigenvalue weighted by atomic mass is 10.1. The number of aliphatic imine (C=N–C) groups is 1. The molecule has 0 bridgehead atoms. The Morgan fingerprint density at radius 3 is 2.58 bits per heavy atom. The van der Waals surface area contributed by atoms with Gasteiger partial charge in [0.05, 0.1) is 12.9 Å². The zero-order valence-electron chi connectivity index (χ0n) is 14.5. The average molecular weight is 334 g/mol. The lowest BCUT2D eigenvalue weighted by Gasteiger charge is -2.22. The summed E-state index contributed by atoms with van der Waals surface area (Å²) in [5.41, 5.74) is 6.48. The van der Waals surface area contributed by atoms with Crippen LogP contribution in [0, 0.1) is 0 Å². The van der Waals surface area contributed by atoms with Crippen molar-refractivity contribution in [2.45, 2.75) is 32.4 Å². The predicted octanol–water partition coefficient (Wildman–Crippen LogP) is 1.53. The van der Waals surface area contributed by atoms with Crippen molar-refractivity contribution < 1.29 is 14.3 Å². The van der Waals surface area contributed by atoms with Crippen molar-refractivity contribution in [1.82, 2.24) is 10.2 Å². The maximum Gasteiger partial charge on any atom is 0.328 e. The van der Waals surface area contributed by atoms with Gasteiger partial charge in [-0.15, -0.1) is 0 Å². The molecule has 0 aliphatic carbocycles. The number of rotatable bonds is 8. The van der Waals surface area contributed by atoms with Crippen molar-refractivity contribution in [2.24, 2.45) is 10.7 Å². The van der Waals surface area contributed by atoms with Gasteiger partial charge >= 0.3 is 12.0 Å². The normalized spacial score (nSPS) is 12.4. The summed E-state index contributed by atoms with van der Waals surface area (Å²) in [6, 6.07) is 8.60. The maximum absolute atomic E-state index is 12.3. The quantitative estimate of drug-likeness (QED) is 0.326. The van der Waals surface area contributed by atoms with Crippen LogP contribution in [-0.4, -0.2) is 49.5 Å². The number of carbonyl (C=O) groups excluding carboxylic acids is 2. The first-order valence-corrected chi connectivity index (χ1v) is 7.84. The second kappa shape index (κ2) is 10.3. The summed E-state index contributed by atoms with van der Waals surface area (Å²) < 4.78 is 4.76. The van der Waals surface area contributed by atoms with E-state index < -0.39 is 12.0 Å². The molecule has 0 spiro atoms. The molecule has 0 aliphatic heterocycles. The Morgan fingerprint density at radius 2 is 2.00 bits per heavy atom. The van der Waals surface area contributed by atoms with Crippen LogP contribution in [0.1, 0.15) is 25.3 Å². The molecule has 0 heterocycles. The Bertz CT molecular complexity index is 556. The average Bonchev–Trinajstić information content (AvgIpc) is 2.57. The van der Waals surface area contributed by atoms with E-state index in [1.54, 1.807) is 14.0 Å². The van der Waals surface area contributed by atoms with Gasteiger partial charge in [-0.1, -0.05) is 30.3 Å². The molecule has 24 heavy (non-hydrogen) atoms. The zero-order chi connectivity index (χ0) is 17.9. The molecule has 0 fully saturated rings. The Kier molecular flexibility index (Phi) is 8.32. The fourth-order valence-electron chi connectivity index (χ4n) is 2.13. The summed E-state index contributed by atoms with van der Waals surface area (Å²) >= 11 is 0. The van der Waals surface area contributed by atoms with E-state index in [2.05, 4.69) is 10.3 Å². The largest absolute Gasteiger partial charge is 0.467 e. The van der Waals surface area contributed by atoms with Gasteiger partial charge in [0, 0.05) is 20.1 Å². The molecule has 7 nitrogen and oxygen atoms in total. The van der Waals surface area contributed by atoms with E-state index in [0.29, 0.717) is 31.8 Å². The second-order valence-electron chi connectivity index (χ2n) is 5.53. The third-order valence-electron chi connectivity index (χ3n) is 3.40. The van der Waals surface area contributed by atoms with Gasteiger partial charge in [-0.05, 0) is 25.3 Å². The first kappa shape index (κ1) is 19.5. The number of urea groups is 1. The first-order chi connectivity index (χ1) is 11.4. The fraction of sp³-hybridized carbons (Fsp3) is 0.471.